The molecule has 1 heterocycles. The van der Waals surface area contributed by atoms with Crippen LogP contribution >= 0.6 is 11.8 Å². The molecule has 9 nitrogen and oxygen atoms in total. The van der Waals surface area contributed by atoms with Gasteiger partial charge in [-0.15, -0.1) is 11.8 Å². The van der Waals surface area contributed by atoms with Crippen molar-refractivity contribution < 1.29 is 39.2 Å². The van der Waals surface area contributed by atoms with Gasteiger partial charge in [-0.3, -0.25) is 9.59 Å². The molecule has 0 aromatic heterocycles. The lowest BCUT2D eigenvalue weighted by molar-refractivity contribution is -0.268. The molecule has 1 fully saturated rings. The number of carbonyl (C=O) groups excluding carboxylic acids is 1. The number of rotatable bonds is 13. The van der Waals surface area contributed by atoms with Crippen LogP contribution in [-0.2, 0) is 32.2 Å². The average Bonchev–Trinajstić information content (AvgIpc) is 3.00. The van der Waals surface area contributed by atoms with Gasteiger partial charge >= 0.3 is 11.9 Å². The zero-order valence-corrected chi connectivity index (χ0v) is 24.1. The highest BCUT2D eigenvalue weighted by Gasteiger charge is 2.38. The van der Waals surface area contributed by atoms with Crippen molar-refractivity contribution in [3.05, 3.63) is 101 Å². The third-order valence-corrected chi connectivity index (χ3v) is 8.28. The molecule has 0 aliphatic carbocycles. The van der Waals surface area contributed by atoms with E-state index in [0.29, 0.717) is 18.7 Å². The maximum atomic E-state index is 12.0. The first kappa shape index (κ1) is 31.2. The molecule has 3 aromatic rings. The van der Waals surface area contributed by atoms with Gasteiger partial charge in [0, 0.05) is 41.5 Å². The summed E-state index contributed by atoms with van der Waals surface area (Å²) in [5.74, 6) is -1.44. The Kier molecular flexibility index (Phi) is 11.1. The summed E-state index contributed by atoms with van der Waals surface area (Å²) < 4.78 is 13.0. The second kappa shape index (κ2) is 15.0. The van der Waals surface area contributed by atoms with E-state index in [0.717, 1.165) is 27.1 Å². The molecule has 42 heavy (non-hydrogen) atoms. The zero-order chi connectivity index (χ0) is 30.1. The SMILES string of the molecule is CC1C(CSc2ccc(C(=O)O)cc2)OC(c2ccc(CNC(=O)CCCC(=O)O)cc2)OC1c1ccc(CO)cc1. The molecule has 1 saturated heterocycles. The molecule has 1 aliphatic rings. The van der Waals surface area contributed by atoms with E-state index in [1.54, 1.807) is 36.0 Å². The molecule has 0 spiro atoms. The van der Waals surface area contributed by atoms with Crippen LogP contribution in [0.2, 0.25) is 0 Å². The number of carboxylic acids is 2. The largest absolute Gasteiger partial charge is 0.481 e. The van der Waals surface area contributed by atoms with E-state index in [4.69, 9.17) is 14.6 Å². The Hall–Kier alpha value is -3.70. The van der Waals surface area contributed by atoms with E-state index in [1.807, 2.05) is 48.5 Å². The monoisotopic (exact) mass is 593 g/mol. The van der Waals surface area contributed by atoms with Crippen LogP contribution in [0.3, 0.4) is 0 Å². The fourth-order valence-corrected chi connectivity index (χ4v) is 5.73. The summed E-state index contributed by atoms with van der Waals surface area (Å²) in [7, 11) is 0. The maximum absolute atomic E-state index is 12.0. The molecule has 222 valence electrons. The topological polar surface area (TPSA) is 142 Å². The summed E-state index contributed by atoms with van der Waals surface area (Å²) in [4.78, 5) is 34.8. The van der Waals surface area contributed by atoms with Crippen molar-refractivity contribution in [1.82, 2.24) is 5.32 Å². The number of aliphatic hydroxyl groups is 1. The minimum atomic E-state index is -0.963. The maximum Gasteiger partial charge on any atom is 0.335 e. The molecule has 0 saturated carbocycles. The van der Waals surface area contributed by atoms with Gasteiger partial charge in [-0.1, -0.05) is 55.5 Å². The molecule has 0 bridgehead atoms. The van der Waals surface area contributed by atoms with Crippen LogP contribution in [0.4, 0.5) is 0 Å². The summed E-state index contributed by atoms with van der Waals surface area (Å²) in [6.07, 6.45) is -0.655. The van der Waals surface area contributed by atoms with Crippen molar-refractivity contribution >= 4 is 29.6 Å². The van der Waals surface area contributed by atoms with E-state index < -0.39 is 18.2 Å². The third kappa shape index (κ3) is 8.65. The van der Waals surface area contributed by atoms with E-state index in [-0.39, 0.29) is 49.0 Å². The van der Waals surface area contributed by atoms with E-state index in [2.05, 4.69) is 12.2 Å². The van der Waals surface area contributed by atoms with E-state index in [1.165, 1.54) is 0 Å². The highest BCUT2D eigenvalue weighted by Crippen LogP contribution is 2.43. The third-order valence-electron chi connectivity index (χ3n) is 7.17. The Labute approximate surface area is 248 Å². The van der Waals surface area contributed by atoms with E-state index >= 15 is 0 Å². The minimum absolute atomic E-state index is 0.00244. The number of aromatic carboxylic acids is 1. The Morgan fingerprint density at radius 2 is 1.48 bits per heavy atom. The van der Waals surface area contributed by atoms with Gasteiger partial charge in [-0.2, -0.15) is 0 Å². The lowest BCUT2D eigenvalue weighted by Crippen LogP contribution is -2.38. The Balaban J connectivity index is 1.45. The highest BCUT2D eigenvalue weighted by atomic mass is 32.2. The van der Waals surface area contributed by atoms with Crippen molar-refractivity contribution in [3.8, 4) is 0 Å². The van der Waals surface area contributed by atoms with Gasteiger partial charge in [0.25, 0.3) is 0 Å². The molecule has 3 aromatic carbocycles. The number of aliphatic carboxylic acids is 1. The van der Waals surface area contributed by atoms with Crippen molar-refractivity contribution in [1.29, 1.82) is 0 Å². The van der Waals surface area contributed by atoms with Crippen LogP contribution < -0.4 is 5.32 Å². The number of hydrogen-bond donors (Lipinski definition) is 4. The van der Waals surface area contributed by atoms with Gasteiger partial charge in [0.2, 0.25) is 5.91 Å². The number of nitrogens with one attached hydrogen (secondary N) is 1. The molecule has 4 atom stereocenters. The van der Waals surface area contributed by atoms with E-state index in [9.17, 15) is 24.6 Å². The molecule has 4 unspecified atom stereocenters. The smallest absolute Gasteiger partial charge is 0.335 e. The second-order valence-corrected chi connectivity index (χ2v) is 11.3. The first-order valence-corrected chi connectivity index (χ1v) is 14.8. The number of aliphatic hydroxyl groups excluding tert-OH is 1. The summed E-state index contributed by atoms with van der Waals surface area (Å²) in [6.45, 7) is 2.37. The van der Waals surface area contributed by atoms with Crippen LogP contribution in [0.25, 0.3) is 0 Å². The predicted molar refractivity (Wildman–Crippen MR) is 157 cm³/mol. The molecule has 1 amide bonds. The average molecular weight is 594 g/mol. The standard InChI is InChI=1S/C32H35NO8S/c1-20-27(19-42-26-15-13-24(14-16-26)31(38)39)40-32(41-30(20)23-9-7-22(18-34)8-10-23)25-11-5-21(6-12-25)17-33-28(35)3-2-4-29(36)37/h5-16,20,27,30,32,34H,2-4,17-19H2,1H3,(H,33,35)(H,36,37)(H,38,39). The Morgan fingerprint density at radius 3 is 2.10 bits per heavy atom. The summed E-state index contributed by atoms with van der Waals surface area (Å²) in [5, 5.41) is 30.2. The number of benzene rings is 3. The summed E-state index contributed by atoms with van der Waals surface area (Å²) in [6, 6.07) is 22.1. The van der Waals surface area contributed by atoms with Crippen molar-refractivity contribution in [2.24, 2.45) is 5.92 Å². The van der Waals surface area contributed by atoms with Gasteiger partial charge in [0.15, 0.2) is 6.29 Å². The quantitative estimate of drug-likeness (QED) is 0.193. The van der Waals surface area contributed by atoms with Gasteiger partial charge in [-0.05, 0) is 47.4 Å². The fraction of sp³-hybridized carbons (Fsp3) is 0.344. The van der Waals surface area contributed by atoms with Crippen molar-refractivity contribution in [3.63, 3.8) is 0 Å². The number of amides is 1. The van der Waals surface area contributed by atoms with Crippen LogP contribution in [0.15, 0.2) is 77.7 Å². The van der Waals surface area contributed by atoms with Crippen LogP contribution in [0, 0.1) is 5.92 Å². The second-order valence-electron chi connectivity index (χ2n) is 10.2. The van der Waals surface area contributed by atoms with Crippen LogP contribution in [0.5, 0.6) is 0 Å². The minimum Gasteiger partial charge on any atom is -0.481 e. The van der Waals surface area contributed by atoms with Gasteiger partial charge in [0.1, 0.15) is 0 Å². The number of thioether (sulfide) groups is 1. The van der Waals surface area contributed by atoms with Crippen molar-refractivity contribution in [2.75, 3.05) is 5.75 Å². The molecule has 10 heteroatoms. The number of carbonyl (C=O) groups is 3. The molecule has 4 N–H and O–H groups in total. The molecular weight excluding hydrogens is 558 g/mol. The zero-order valence-electron chi connectivity index (χ0n) is 23.3. The van der Waals surface area contributed by atoms with Crippen molar-refractivity contribution in [2.45, 2.75) is 62.7 Å². The summed E-state index contributed by atoms with van der Waals surface area (Å²) >= 11 is 1.59. The van der Waals surface area contributed by atoms with Crippen LogP contribution in [-0.4, -0.2) is 45.0 Å². The van der Waals surface area contributed by atoms with Gasteiger partial charge in [0.05, 0.1) is 24.4 Å². The van der Waals surface area contributed by atoms with Crippen LogP contribution in [0.1, 0.15) is 71.2 Å². The molecule has 0 radical (unpaired) electrons. The summed E-state index contributed by atoms with van der Waals surface area (Å²) in [5.41, 5.74) is 3.76. The predicted octanol–water partition coefficient (Wildman–Crippen LogP) is 5.33. The Bertz CT molecular complexity index is 1340. The molecule has 1 aliphatic heterocycles. The number of hydrogen-bond acceptors (Lipinski definition) is 7. The number of ether oxygens (including phenoxy) is 2. The fourth-order valence-electron chi connectivity index (χ4n) is 4.66. The molecule has 4 rings (SSSR count). The first-order valence-electron chi connectivity index (χ1n) is 13.8. The lowest BCUT2D eigenvalue weighted by Gasteiger charge is -2.41. The Morgan fingerprint density at radius 1 is 0.833 bits per heavy atom. The molecular formula is C32H35NO8S. The van der Waals surface area contributed by atoms with Gasteiger partial charge in [-0.25, -0.2) is 4.79 Å². The number of carboxylic acid groups (broad SMARTS) is 2. The normalized spacial score (nSPS) is 20.1. The lowest BCUT2D eigenvalue weighted by atomic mass is 9.91. The first-order chi connectivity index (χ1) is 20.2. The van der Waals surface area contributed by atoms with Gasteiger partial charge < -0.3 is 30.1 Å². The highest BCUT2D eigenvalue weighted by molar-refractivity contribution is 7.99.